The van der Waals surface area contributed by atoms with Gasteiger partial charge in [0.05, 0.1) is 5.56 Å². The second-order valence-corrected chi connectivity index (χ2v) is 5.59. The van der Waals surface area contributed by atoms with Crippen LogP contribution in [0.5, 0.6) is 5.75 Å². The average molecular weight is 332 g/mol. The number of aliphatic hydroxyl groups excluding tert-OH is 1. The van der Waals surface area contributed by atoms with E-state index in [4.69, 9.17) is 10.5 Å². The third kappa shape index (κ3) is 2.57. The molecule has 0 aliphatic carbocycles. The predicted octanol–water partition coefficient (Wildman–Crippen LogP) is 1.78. The van der Waals surface area contributed by atoms with E-state index in [-0.39, 0.29) is 17.9 Å². The van der Waals surface area contributed by atoms with Crippen molar-refractivity contribution in [1.29, 1.82) is 0 Å². The van der Waals surface area contributed by atoms with Crippen LogP contribution in [0.1, 0.15) is 27.5 Å². The standard InChI is InChI=1S/C17H17FN2O4/c1-24-17(23)15(11-7-10(18)5-6-13(11)21)20-8-9-3-2-4-12(19)14(9)16(20)22/h2-7,15,17,21,23H,8,19H2,1H3. The topological polar surface area (TPSA) is 96.0 Å². The molecule has 1 aliphatic rings. The van der Waals surface area contributed by atoms with Gasteiger partial charge in [0.2, 0.25) is 0 Å². The molecule has 0 bridgehead atoms. The van der Waals surface area contributed by atoms with Crippen molar-refractivity contribution < 1.29 is 24.1 Å². The number of benzene rings is 2. The first-order chi connectivity index (χ1) is 11.4. The molecule has 0 saturated carbocycles. The van der Waals surface area contributed by atoms with E-state index in [9.17, 15) is 19.4 Å². The van der Waals surface area contributed by atoms with Crippen molar-refractivity contribution in [2.45, 2.75) is 18.9 Å². The number of nitrogen functional groups attached to an aromatic ring is 1. The number of phenolic OH excluding ortho intramolecular Hbond substituents is 1. The van der Waals surface area contributed by atoms with Crippen molar-refractivity contribution in [2.75, 3.05) is 12.8 Å². The number of carbonyl (C=O) groups excluding carboxylic acids is 1. The number of phenols is 1. The molecule has 0 radical (unpaired) electrons. The minimum Gasteiger partial charge on any atom is -0.508 e. The summed E-state index contributed by atoms with van der Waals surface area (Å²) < 4.78 is 18.6. The molecule has 126 valence electrons. The van der Waals surface area contributed by atoms with Crippen molar-refractivity contribution >= 4 is 11.6 Å². The minimum atomic E-state index is -1.45. The van der Waals surface area contributed by atoms with Crippen molar-refractivity contribution in [2.24, 2.45) is 0 Å². The van der Waals surface area contributed by atoms with Crippen molar-refractivity contribution in [3.05, 3.63) is 58.9 Å². The third-order valence-corrected chi connectivity index (χ3v) is 4.15. The highest BCUT2D eigenvalue weighted by Gasteiger charge is 2.39. The summed E-state index contributed by atoms with van der Waals surface area (Å²) in [4.78, 5) is 14.1. The molecule has 2 aromatic carbocycles. The van der Waals surface area contributed by atoms with Gasteiger partial charge in [0.15, 0.2) is 6.29 Å². The van der Waals surface area contributed by atoms with Gasteiger partial charge in [-0.3, -0.25) is 4.79 Å². The Hall–Kier alpha value is -2.64. The highest BCUT2D eigenvalue weighted by Crippen LogP contribution is 2.38. The highest BCUT2D eigenvalue weighted by molar-refractivity contribution is 6.03. The Morgan fingerprint density at radius 2 is 2.08 bits per heavy atom. The molecular formula is C17H17FN2O4. The van der Waals surface area contributed by atoms with Gasteiger partial charge in [-0.25, -0.2) is 4.39 Å². The summed E-state index contributed by atoms with van der Waals surface area (Å²) in [6, 6.07) is 7.35. The maximum absolute atomic E-state index is 13.6. The number of hydrogen-bond donors (Lipinski definition) is 3. The molecule has 4 N–H and O–H groups in total. The Balaban J connectivity index is 2.08. The summed E-state index contributed by atoms with van der Waals surface area (Å²) in [6.45, 7) is 0.167. The maximum atomic E-state index is 13.6. The SMILES string of the molecule is COC(O)C(c1cc(F)ccc1O)N1Cc2cccc(N)c2C1=O. The molecule has 1 amide bonds. The number of anilines is 1. The van der Waals surface area contributed by atoms with Gasteiger partial charge in [-0.05, 0) is 29.8 Å². The number of nitrogens with zero attached hydrogens (tertiary/aromatic N) is 1. The molecule has 0 aromatic heterocycles. The third-order valence-electron chi connectivity index (χ3n) is 4.15. The molecule has 7 heteroatoms. The smallest absolute Gasteiger partial charge is 0.257 e. The lowest BCUT2D eigenvalue weighted by Crippen LogP contribution is -2.38. The van der Waals surface area contributed by atoms with Crippen LogP contribution in [0.15, 0.2) is 36.4 Å². The molecule has 0 fully saturated rings. The molecule has 0 spiro atoms. The van der Waals surface area contributed by atoms with Gasteiger partial charge < -0.3 is 25.6 Å². The molecule has 0 saturated heterocycles. The van der Waals surface area contributed by atoms with Gasteiger partial charge in [0, 0.05) is 24.9 Å². The second-order valence-electron chi connectivity index (χ2n) is 5.59. The van der Waals surface area contributed by atoms with Gasteiger partial charge in [0.1, 0.15) is 17.6 Å². The normalized spacial score (nSPS) is 16.1. The lowest BCUT2D eigenvalue weighted by Gasteiger charge is -2.31. The van der Waals surface area contributed by atoms with Gasteiger partial charge in [0.25, 0.3) is 5.91 Å². The first kappa shape index (κ1) is 16.2. The van der Waals surface area contributed by atoms with Crippen LogP contribution in [-0.4, -0.2) is 34.4 Å². The molecule has 1 heterocycles. The fourth-order valence-corrected chi connectivity index (χ4v) is 3.00. The first-order valence-corrected chi connectivity index (χ1v) is 7.31. The number of aliphatic hydroxyl groups is 1. The summed E-state index contributed by atoms with van der Waals surface area (Å²) in [6.07, 6.45) is -1.45. The number of amides is 1. The largest absolute Gasteiger partial charge is 0.508 e. The van der Waals surface area contributed by atoms with E-state index in [1.165, 1.54) is 18.1 Å². The highest BCUT2D eigenvalue weighted by atomic mass is 19.1. The Morgan fingerprint density at radius 3 is 2.75 bits per heavy atom. The summed E-state index contributed by atoms with van der Waals surface area (Å²) >= 11 is 0. The quantitative estimate of drug-likeness (QED) is 0.586. The zero-order valence-corrected chi connectivity index (χ0v) is 12.9. The Labute approximate surface area is 137 Å². The van der Waals surface area contributed by atoms with E-state index in [2.05, 4.69) is 0 Å². The number of fused-ring (bicyclic) bond motifs is 1. The van der Waals surface area contributed by atoms with Gasteiger partial charge in [-0.2, -0.15) is 0 Å². The number of carbonyl (C=O) groups is 1. The number of rotatable bonds is 4. The molecular weight excluding hydrogens is 315 g/mol. The van der Waals surface area contributed by atoms with Crippen LogP contribution in [0.3, 0.4) is 0 Å². The predicted molar refractivity (Wildman–Crippen MR) is 84.5 cm³/mol. The van der Waals surface area contributed by atoms with Gasteiger partial charge in [-0.15, -0.1) is 0 Å². The number of hydrogen-bond acceptors (Lipinski definition) is 5. The Bertz CT molecular complexity index is 796. The number of nitrogens with two attached hydrogens (primary N) is 1. The van der Waals surface area contributed by atoms with E-state index < -0.39 is 24.1 Å². The van der Waals surface area contributed by atoms with Crippen LogP contribution >= 0.6 is 0 Å². The summed E-state index contributed by atoms with van der Waals surface area (Å²) in [5.74, 6) is -1.25. The van der Waals surface area contributed by atoms with Crippen molar-refractivity contribution in [1.82, 2.24) is 4.90 Å². The molecule has 2 unspecified atom stereocenters. The zero-order valence-electron chi connectivity index (χ0n) is 12.9. The van der Waals surface area contributed by atoms with Gasteiger partial charge >= 0.3 is 0 Å². The molecule has 2 aromatic rings. The Morgan fingerprint density at radius 1 is 1.33 bits per heavy atom. The van der Waals surface area contributed by atoms with Crippen LogP contribution in [0, 0.1) is 5.82 Å². The fourth-order valence-electron chi connectivity index (χ4n) is 3.00. The van der Waals surface area contributed by atoms with Crippen molar-refractivity contribution in [3.8, 4) is 5.75 Å². The summed E-state index contributed by atoms with van der Waals surface area (Å²) in [5, 5.41) is 20.3. The summed E-state index contributed by atoms with van der Waals surface area (Å²) in [5.41, 5.74) is 7.31. The minimum absolute atomic E-state index is 0.0593. The van der Waals surface area contributed by atoms with Crippen LogP contribution in [-0.2, 0) is 11.3 Å². The van der Waals surface area contributed by atoms with E-state index in [1.807, 2.05) is 0 Å². The fraction of sp³-hybridized carbons (Fsp3) is 0.235. The summed E-state index contributed by atoms with van der Waals surface area (Å²) in [7, 11) is 1.26. The zero-order chi connectivity index (χ0) is 17.4. The molecule has 6 nitrogen and oxygen atoms in total. The monoisotopic (exact) mass is 332 g/mol. The molecule has 24 heavy (non-hydrogen) atoms. The molecule has 3 rings (SSSR count). The molecule has 1 aliphatic heterocycles. The number of halogens is 1. The van der Waals surface area contributed by atoms with E-state index >= 15 is 0 Å². The van der Waals surface area contributed by atoms with E-state index in [1.54, 1.807) is 18.2 Å². The maximum Gasteiger partial charge on any atom is 0.257 e. The number of aromatic hydroxyl groups is 1. The number of methoxy groups -OCH3 is 1. The second kappa shape index (κ2) is 6.10. The molecule has 2 atom stereocenters. The van der Waals surface area contributed by atoms with Crippen LogP contribution < -0.4 is 5.73 Å². The average Bonchev–Trinajstić information content (AvgIpc) is 2.89. The van der Waals surface area contributed by atoms with Crippen LogP contribution in [0.4, 0.5) is 10.1 Å². The lowest BCUT2D eigenvalue weighted by molar-refractivity contribution is -0.121. The van der Waals surface area contributed by atoms with Crippen molar-refractivity contribution in [3.63, 3.8) is 0 Å². The van der Waals surface area contributed by atoms with E-state index in [0.717, 1.165) is 12.1 Å². The lowest BCUT2D eigenvalue weighted by atomic mass is 10.0. The number of ether oxygens (including phenoxy) is 1. The Kier molecular flexibility index (Phi) is 4.13. The van der Waals surface area contributed by atoms with Gasteiger partial charge in [-0.1, -0.05) is 12.1 Å². The van der Waals surface area contributed by atoms with E-state index in [0.29, 0.717) is 16.8 Å². The van der Waals surface area contributed by atoms with Crippen LogP contribution in [0.2, 0.25) is 0 Å². The van der Waals surface area contributed by atoms with Crippen LogP contribution in [0.25, 0.3) is 0 Å². The first-order valence-electron chi connectivity index (χ1n) is 7.31.